The summed E-state index contributed by atoms with van der Waals surface area (Å²) >= 11 is 0. The van der Waals surface area contributed by atoms with Crippen molar-refractivity contribution < 1.29 is 53.6 Å². The van der Waals surface area contributed by atoms with Gasteiger partial charge in [-0.2, -0.15) is 0 Å². The molecule has 0 aliphatic heterocycles. The first-order valence-electron chi connectivity index (χ1n) is 14.8. The maximum atomic E-state index is 12.8. The van der Waals surface area contributed by atoms with Crippen LogP contribution >= 0.6 is 0 Å². The molecule has 0 amide bonds. The van der Waals surface area contributed by atoms with Gasteiger partial charge in [0.15, 0.2) is 0 Å². The van der Waals surface area contributed by atoms with Gasteiger partial charge >= 0.3 is 23.9 Å². The smallest absolute Gasteiger partial charge is 0.310 e. The number of hydrogen-bond acceptors (Lipinski definition) is 10. The highest BCUT2D eigenvalue weighted by Crippen LogP contribution is 2.36. The highest BCUT2D eigenvalue weighted by Gasteiger charge is 2.45. The second-order valence-electron chi connectivity index (χ2n) is 12.1. The number of hydrogen-bond donors (Lipinski definition) is 3. The summed E-state index contributed by atoms with van der Waals surface area (Å²) in [6.45, 7) is 0. The predicted octanol–water partition coefficient (Wildman–Crippen LogP) is 2.72. The quantitative estimate of drug-likeness (QED) is 0.204. The Kier molecular flexibility index (Phi) is 10.6. The third kappa shape index (κ3) is 8.15. The van der Waals surface area contributed by atoms with Gasteiger partial charge in [0.2, 0.25) is 6.04 Å². The number of nitro groups is 1. The number of aliphatic hydroxyl groups excluding tert-OH is 1. The molecule has 6 atom stereocenters. The summed E-state index contributed by atoms with van der Waals surface area (Å²) in [5, 5.41) is 40.1. The first-order chi connectivity index (χ1) is 19.5. The van der Waals surface area contributed by atoms with Gasteiger partial charge in [-0.05, 0) is 77.0 Å². The number of carbonyl (C=O) groups is 4. The minimum Gasteiger partial charge on any atom is -0.481 e. The van der Waals surface area contributed by atoms with Gasteiger partial charge in [0.25, 0.3) is 0 Å². The van der Waals surface area contributed by atoms with Crippen molar-refractivity contribution in [2.24, 2.45) is 23.7 Å². The van der Waals surface area contributed by atoms with Crippen molar-refractivity contribution in [3.8, 4) is 0 Å². The zero-order chi connectivity index (χ0) is 29.7. The Morgan fingerprint density at radius 1 is 0.585 bits per heavy atom. The number of esters is 2. The fraction of sp³-hybridized carbons (Fsp3) is 0.857. The van der Waals surface area contributed by atoms with Crippen molar-refractivity contribution in [2.75, 3.05) is 0 Å². The van der Waals surface area contributed by atoms with Gasteiger partial charge in [0.1, 0.15) is 12.2 Å². The van der Waals surface area contributed by atoms with Crippen LogP contribution in [0.4, 0.5) is 0 Å². The van der Waals surface area contributed by atoms with Gasteiger partial charge < -0.3 is 29.5 Å². The Balaban J connectivity index is 1.17. The molecule has 0 aromatic carbocycles. The molecular formula is C28H41NO12. The lowest BCUT2D eigenvalue weighted by Gasteiger charge is -2.36. The van der Waals surface area contributed by atoms with E-state index in [9.17, 15) is 44.6 Å². The van der Waals surface area contributed by atoms with E-state index in [1.807, 2.05) is 0 Å². The summed E-state index contributed by atoms with van der Waals surface area (Å²) < 4.78 is 17.6. The normalized spacial score (nSPS) is 37.9. The molecule has 0 aromatic rings. The summed E-state index contributed by atoms with van der Waals surface area (Å²) in [7, 11) is 0. The van der Waals surface area contributed by atoms with Crippen molar-refractivity contribution in [3.63, 3.8) is 0 Å². The van der Waals surface area contributed by atoms with Crippen LogP contribution in [-0.4, -0.2) is 80.7 Å². The Bertz CT molecular complexity index is 971. The van der Waals surface area contributed by atoms with Gasteiger partial charge in [-0.3, -0.25) is 29.3 Å². The van der Waals surface area contributed by atoms with E-state index in [1.54, 1.807) is 0 Å². The first kappa shape index (κ1) is 31.1. The minimum absolute atomic E-state index is 0.00468. The largest absolute Gasteiger partial charge is 0.481 e. The molecule has 0 heterocycles. The number of carbonyl (C=O) groups excluding carboxylic acids is 2. The van der Waals surface area contributed by atoms with Crippen LogP contribution in [0.1, 0.15) is 89.9 Å². The molecule has 0 aromatic heterocycles. The van der Waals surface area contributed by atoms with Crippen molar-refractivity contribution in [3.05, 3.63) is 10.1 Å². The minimum atomic E-state index is -1.13. The summed E-state index contributed by atoms with van der Waals surface area (Å²) in [6.07, 6.45) is 4.45. The van der Waals surface area contributed by atoms with Crippen molar-refractivity contribution in [1.29, 1.82) is 0 Å². The topological polar surface area (TPSA) is 200 Å². The van der Waals surface area contributed by atoms with Crippen molar-refractivity contribution >= 4 is 23.9 Å². The molecule has 230 valence electrons. The predicted molar refractivity (Wildman–Crippen MR) is 139 cm³/mol. The van der Waals surface area contributed by atoms with E-state index < -0.39 is 64.6 Å². The summed E-state index contributed by atoms with van der Waals surface area (Å²) in [5.74, 6) is -7.05. The Labute approximate surface area is 238 Å². The van der Waals surface area contributed by atoms with Crippen LogP contribution in [0.15, 0.2) is 0 Å². The Hall–Kier alpha value is -2.80. The van der Waals surface area contributed by atoms with Crippen LogP contribution < -0.4 is 0 Å². The van der Waals surface area contributed by atoms with Crippen molar-refractivity contribution in [2.45, 2.75) is 126 Å². The molecule has 0 bridgehead atoms. The third-order valence-electron chi connectivity index (χ3n) is 9.38. The highest BCUT2D eigenvalue weighted by atomic mass is 16.6. The molecular weight excluding hydrogens is 542 g/mol. The average Bonchev–Trinajstić information content (AvgIpc) is 2.94. The number of carboxylic acid groups (broad SMARTS) is 2. The second kappa shape index (κ2) is 13.9. The van der Waals surface area contributed by atoms with Crippen LogP contribution in [0.5, 0.6) is 0 Å². The molecule has 4 saturated carbocycles. The molecule has 3 N–H and O–H groups in total. The molecule has 6 unspecified atom stereocenters. The van der Waals surface area contributed by atoms with E-state index in [1.165, 1.54) is 0 Å². The summed E-state index contributed by atoms with van der Waals surface area (Å²) in [4.78, 5) is 59.4. The van der Waals surface area contributed by atoms with Crippen molar-refractivity contribution in [1.82, 2.24) is 0 Å². The van der Waals surface area contributed by atoms with E-state index in [4.69, 9.17) is 14.2 Å². The van der Waals surface area contributed by atoms with Crippen LogP contribution in [0.25, 0.3) is 0 Å². The summed E-state index contributed by atoms with van der Waals surface area (Å²) in [6, 6.07) is -0.937. The number of nitrogens with zero attached hydrogens (tertiary/aromatic N) is 1. The van der Waals surface area contributed by atoms with Gasteiger partial charge in [-0.1, -0.05) is 0 Å². The number of aliphatic carboxylic acids is 2. The van der Waals surface area contributed by atoms with E-state index in [0.717, 1.165) is 0 Å². The fourth-order valence-corrected chi connectivity index (χ4v) is 6.95. The van der Waals surface area contributed by atoms with E-state index >= 15 is 0 Å². The second-order valence-corrected chi connectivity index (χ2v) is 12.1. The molecule has 41 heavy (non-hydrogen) atoms. The van der Waals surface area contributed by atoms with Crippen LogP contribution in [0.2, 0.25) is 0 Å². The fourth-order valence-electron chi connectivity index (χ4n) is 6.95. The zero-order valence-corrected chi connectivity index (χ0v) is 23.1. The van der Waals surface area contributed by atoms with Gasteiger partial charge in [-0.25, -0.2) is 0 Å². The molecule has 13 nitrogen and oxygen atoms in total. The molecule has 13 heteroatoms. The lowest BCUT2D eigenvalue weighted by atomic mass is 9.77. The standard InChI is InChI=1S/C28H41NO12/c30-16-2-12-22(26(33)34)24(14-16)28(36)41-20-9-5-18(6-10-20)39-17-3-7-19(8-4-17)40-27(35)23-13-15(29(37)38)1-11-21(23)25(31)32/h15-24,30H,1-14H2,(H,31,32)(H,33,34). The maximum absolute atomic E-state index is 12.8. The molecule has 4 aliphatic rings. The lowest BCUT2D eigenvalue weighted by molar-refractivity contribution is -0.528. The number of aliphatic hydroxyl groups is 1. The molecule has 0 spiro atoms. The molecule has 0 radical (unpaired) electrons. The zero-order valence-electron chi connectivity index (χ0n) is 23.1. The molecule has 0 saturated heterocycles. The van der Waals surface area contributed by atoms with Crippen LogP contribution in [-0.2, 0) is 33.4 Å². The first-order valence-corrected chi connectivity index (χ1v) is 14.8. The van der Waals surface area contributed by atoms with Gasteiger partial charge in [-0.15, -0.1) is 0 Å². The molecule has 4 fully saturated rings. The number of rotatable bonds is 9. The lowest BCUT2D eigenvalue weighted by Crippen LogP contribution is -2.42. The van der Waals surface area contributed by atoms with E-state index in [0.29, 0.717) is 57.8 Å². The SMILES string of the molecule is O=C(O)C1CCC(O)CC1C(=O)OC1CCC(OC2CCC(OC(=O)C3CC([N+](=O)[O-])CCC3C(=O)O)CC2)CC1. The Morgan fingerprint density at radius 3 is 1.44 bits per heavy atom. The van der Waals surface area contributed by atoms with Crippen LogP contribution in [0.3, 0.4) is 0 Å². The van der Waals surface area contributed by atoms with Gasteiger partial charge in [0, 0.05) is 17.8 Å². The highest BCUT2D eigenvalue weighted by molar-refractivity contribution is 5.82. The number of carboxylic acids is 2. The monoisotopic (exact) mass is 583 g/mol. The van der Waals surface area contributed by atoms with E-state index in [-0.39, 0.29) is 56.5 Å². The molecule has 4 aliphatic carbocycles. The molecule has 4 rings (SSSR count). The number of ether oxygens (including phenoxy) is 3. The van der Waals surface area contributed by atoms with Crippen LogP contribution in [0, 0.1) is 33.8 Å². The Morgan fingerprint density at radius 2 is 1.00 bits per heavy atom. The maximum Gasteiger partial charge on any atom is 0.310 e. The third-order valence-corrected chi connectivity index (χ3v) is 9.38. The average molecular weight is 584 g/mol. The van der Waals surface area contributed by atoms with E-state index in [2.05, 4.69) is 0 Å². The summed E-state index contributed by atoms with van der Waals surface area (Å²) in [5.41, 5.74) is 0. The van der Waals surface area contributed by atoms with Gasteiger partial charge in [0.05, 0.1) is 42.0 Å².